The normalized spacial score (nSPS) is 18.4. The third kappa shape index (κ3) is 2.63. The minimum atomic E-state index is -0.898. The van der Waals surface area contributed by atoms with Gasteiger partial charge < -0.3 is 10.0 Å². The van der Waals surface area contributed by atoms with Crippen LogP contribution in [0.15, 0.2) is 22.7 Å². The van der Waals surface area contributed by atoms with Crippen LogP contribution in [0.4, 0.5) is 5.69 Å². The lowest BCUT2D eigenvalue weighted by Crippen LogP contribution is -2.22. The smallest absolute Gasteiger partial charge is 0.336 e. The van der Waals surface area contributed by atoms with E-state index < -0.39 is 5.97 Å². The Morgan fingerprint density at radius 2 is 2.18 bits per heavy atom. The van der Waals surface area contributed by atoms with Crippen LogP contribution in [-0.4, -0.2) is 24.2 Å². The fourth-order valence-electron chi connectivity index (χ4n) is 2.21. The van der Waals surface area contributed by atoms with E-state index in [0.29, 0.717) is 15.5 Å². The van der Waals surface area contributed by atoms with E-state index in [2.05, 4.69) is 34.7 Å². The van der Waals surface area contributed by atoms with Crippen LogP contribution in [-0.2, 0) is 0 Å². The van der Waals surface area contributed by atoms with Gasteiger partial charge in [-0.05, 0) is 46.0 Å². The van der Waals surface area contributed by atoms with E-state index in [1.165, 1.54) is 6.42 Å². The molecule has 4 heteroatoms. The van der Waals surface area contributed by atoms with Crippen LogP contribution in [0.25, 0.3) is 0 Å². The SMILES string of the molecule is CC1(C)CCN(c2ccc(C(=O)O)c(Br)c2)C1. The van der Waals surface area contributed by atoms with E-state index >= 15 is 0 Å². The molecule has 1 saturated heterocycles. The molecule has 2 rings (SSSR count). The average molecular weight is 298 g/mol. The molecule has 0 saturated carbocycles. The van der Waals surface area contributed by atoms with Crippen LogP contribution in [0.3, 0.4) is 0 Å². The number of anilines is 1. The molecule has 0 radical (unpaired) electrons. The van der Waals surface area contributed by atoms with Crippen LogP contribution in [0.1, 0.15) is 30.6 Å². The Morgan fingerprint density at radius 1 is 1.47 bits per heavy atom. The zero-order valence-electron chi connectivity index (χ0n) is 10.0. The van der Waals surface area contributed by atoms with Gasteiger partial charge >= 0.3 is 5.97 Å². The van der Waals surface area contributed by atoms with E-state index in [-0.39, 0.29) is 0 Å². The van der Waals surface area contributed by atoms with Crippen molar-refractivity contribution in [3.63, 3.8) is 0 Å². The Labute approximate surface area is 110 Å². The number of hydrogen-bond donors (Lipinski definition) is 1. The summed E-state index contributed by atoms with van der Waals surface area (Å²) in [7, 11) is 0. The second kappa shape index (κ2) is 4.33. The summed E-state index contributed by atoms with van der Waals surface area (Å²) in [5, 5.41) is 8.96. The molecule has 0 atom stereocenters. The maximum absolute atomic E-state index is 10.9. The van der Waals surface area contributed by atoms with Crippen molar-refractivity contribution >= 4 is 27.6 Å². The van der Waals surface area contributed by atoms with Gasteiger partial charge in [0, 0.05) is 23.2 Å². The molecule has 1 N–H and O–H groups in total. The van der Waals surface area contributed by atoms with Crippen LogP contribution in [0.2, 0.25) is 0 Å². The molecule has 1 aromatic carbocycles. The number of hydrogen-bond acceptors (Lipinski definition) is 2. The Morgan fingerprint density at radius 3 is 2.65 bits per heavy atom. The van der Waals surface area contributed by atoms with Crippen molar-refractivity contribution < 1.29 is 9.90 Å². The second-order valence-electron chi connectivity index (χ2n) is 5.31. The summed E-state index contributed by atoms with van der Waals surface area (Å²) in [6.07, 6.45) is 1.17. The number of carboxylic acids is 1. The molecule has 0 aliphatic carbocycles. The minimum absolute atomic E-state index is 0.312. The molecule has 0 unspecified atom stereocenters. The van der Waals surface area contributed by atoms with E-state index in [9.17, 15) is 4.79 Å². The fourth-order valence-corrected chi connectivity index (χ4v) is 2.74. The summed E-state index contributed by atoms with van der Waals surface area (Å²) in [6, 6.07) is 5.44. The number of carbonyl (C=O) groups is 1. The monoisotopic (exact) mass is 297 g/mol. The third-order valence-corrected chi connectivity index (χ3v) is 3.88. The second-order valence-corrected chi connectivity index (χ2v) is 6.16. The van der Waals surface area contributed by atoms with Gasteiger partial charge in [0.15, 0.2) is 0 Å². The van der Waals surface area contributed by atoms with Gasteiger partial charge in [0.05, 0.1) is 5.56 Å². The van der Waals surface area contributed by atoms with E-state index in [4.69, 9.17) is 5.11 Å². The van der Waals surface area contributed by atoms with Crippen molar-refractivity contribution in [1.82, 2.24) is 0 Å². The lowest BCUT2D eigenvalue weighted by atomic mass is 9.93. The molecule has 1 fully saturated rings. The summed E-state index contributed by atoms with van der Waals surface area (Å²) in [5.41, 5.74) is 1.75. The van der Waals surface area contributed by atoms with Gasteiger partial charge in [-0.3, -0.25) is 0 Å². The van der Waals surface area contributed by atoms with Gasteiger partial charge in [-0.1, -0.05) is 13.8 Å². The highest BCUT2D eigenvalue weighted by molar-refractivity contribution is 9.10. The van der Waals surface area contributed by atoms with Gasteiger partial charge in [0.1, 0.15) is 0 Å². The molecule has 0 bridgehead atoms. The standard InChI is InChI=1S/C13H16BrNO2/c1-13(2)5-6-15(8-13)9-3-4-10(12(16)17)11(14)7-9/h3-4,7H,5-6,8H2,1-2H3,(H,16,17). The molecule has 0 spiro atoms. The highest BCUT2D eigenvalue weighted by Gasteiger charge is 2.29. The molecule has 1 aliphatic rings. The Kier molecular flexibility index (Phi) is 3.17. The lowest BCUT2D eigenvalue weighted by molar-refractivity contribution is 0.0696. The van der Waals surface area contributed by atoms with Crippen molar-refractivity contribution in [3.8, 4) is 0 Å². The van der Waals surface area contributed by atoms with Crippen LogP contribution in [0.5, 0.6) is 0 Å². The molecule has 1 aliphatic heterocycles. The minimum Gasteiger partial charge on any atom is -0.478 e. The zero-order chi connectivity index (χ0) is 12.6. The summed E-state index contributed by atoms with van der Waals surface area (Å²) < 4.78 is 0.646. The molecule has 1 heterocycles. The fraction of sp³-hybridized carbons (Fsp3) is 0.462. The number of rotatable bonds is 2. The van der Waals surface area contributed by atoms with Crippen LogP contribution in [0, 0.1) is 5.41 Å². The number of nitrogens with zero attached hydrogens (tertiary/aromatic N) is 1. The van der Waals surface area contributed by atoms with Gasteiger partial charge in [-0.2, -0.15) is 0 Å². The Balaban J connectivity index is 2.24. The Hall–Kier alpha value is -1.03. The maximum Gasteiger partial charge on any atom is 0.336 e. The highest BCUT2D eigenvalue weighted by Crippen LogP contribution is 2.34. The molecule has 17 heavy (non-hydrogen) atoms. The van der Waals surface area contributed by atoms with Crippen molar-refractivity contribution in [2.45, 2.75) is 20.3 Å². The first-order valence-corrected chi connectivity index (χ1v) is 6.46. The average Bonchev–Trinajstić information content (AvgIpc) is 2.58. The number of benzene rings is 1. The summed E-state index contributed by atoms with van der Waals surface area (Å²) in [6.45, 7) is 6.57. The van der Waals surface area contributed by atoms with E-state index in [0.717, 1.165) is 18.8 Å². The van der Waals surface area contributed by atoms with Crippen molar-refractivity contribution in [2.24, 2.45) is 5.41 Å². The first kappa shape index (κ1) is 12.4. The van der Waals surface area contributed by atoms with E-state index in [1.807, 2.05) is 12.1 Å². The van der Waals surface area contributed by atoms with Gasteiger partial charge in [-0.15, -0.1) is 0 Å². The molecular formula is C13H16BrNO2. The van der Waals surface area contributed by atoms with Crippen LogP contribution >= 0.6 is 15.9 Å². The summed E-state index contributed by atoms with van der Waals surface area (Å²) in [4.78, 5) is 13.2. The topological polar surface area (TPSA) is 40.5 Å². The highest BCUT2D eigenvalue weighted by atomic mass is 79.9. The first-order chi connectivity index (χ1) is 7.89. The van der Waals surface area contributed by atoms with Crippen molar-refractivity contribution in [3.05, 3.63) is 28.2 Å². The van der Waals surface area contributed by atoms with Crippen molar-refractivity contribution in [2.75, 3.05) is 18.0 Å². The van der Waals surface area contributed by atoms with Gasteiger partial charge in [0.2, 0.25) is 0 Å². The quantitative estimate of drug-likeness (QED) is 0.910. The predicted octanol–water partition coefficient (Wildman–Crippen LogP) is 3.38. The molecule has 0 amide bonds. The summed E-state index contributed by atoms with van der Waals surface area (Å²) >= 11 is 3.32. The lowest BCUT2D eigenvalue weighted by Gasteiger charge is -2.22. The first-order valence-electron chi connectivity index (χ1n) is 5.67. The number of halogens is 1. The van der Waals surface area contributed by atoms with Gasteiger partial charge in [-0.25, -0.2) is 4.79 Å². The predicted molar refractivity (Wildman–Crippen MR) is 71.7 cm³/mol. The van der Waals surface area contributed by atoms with Crippen molar-refractivity contribution in [1.29, 1.82) is 0 Å². The molecule has 1 aromatic rings. The molecule has 92 valence electrons. The largest absolute Gasteiger partial charge is 0.478 e. The number of aromatic carboxylic acids is 1. The molecule has 0 aromatic heterocycles. The Bertz CT molecular complexity index is 457. The molecule has 3 nitrogen and oxygen atoms in total. The van der Waals surface area contributed by atoms with Crippen LogP contribution < -0.4 is 4.90 Å². The zero-order valence-corrected chi connectivity index (χ0v) is 11.6. The van der Waals surface area contributed by atoms with Gasteiger partial charge in [0.25, 0.3) is 0 Å². The number of carboxylic acid groups (broad SMARTS) is 1. The maximum atomic E-state index is 10.9. The summed E-state index contributed by atoms with van der Waals surface area (Å²) in [5.74, 6) is -0.898. The molecular weight excluding hydrogens is 282 g/mol. The van der Waals surface area contributed by atoms with E-state index in [1.54, 1.807) is 6.07 Å². The third-order valence-electron chi connectivity index (χ3n) is 3.23.